The molecule has 2 aromatic rings. The molecule has 2 rings (SSSR count). The molecule has 0 bridgehead atoms. The largest absolute Gasteiger partial charge is 0.733 e. The Hall–Kier alpha value is -1.95. The Labute approximate surface area is 174 Å². The Balaban J connectivity index is 1.79. The van der Waals surface area contributed by atoms with E-state index in [1.54, 1.807) is 37.4 Å². The minimum absolute atomic E-state index is 0.155. The molecular formula is C21H30NO5Si2-. The van der Waals surface area contributed by atoms with Crippen molar-refractivity contribution in [3.8, 4) is 5.75 Å². The third-order valence-corrected chi connectivity index (χ3v) is 9.95. The quantitative estimate of drug-likeness (QED) is 0.231. The summed E-state index contributed by atoms with van der Waals surface area (Å²) in [6.45, 7) is 8.49. The average molecular weight is 433 g/mol. The van der Waals surface area contributed by atoms with Crippen LogP contribution >= 0.6 is 0 Å². The summed E-state index contributed by atoms with van der Waals surface area (Å²) in [6, 6.07) is 15.4. The molecule has 8 heteroatoms. The number of hydrogen-bond donors (Lipinski definition) is 2. The summed E-state index contributed by atoms with van der Waals surface area (Å²) in [7, 11) is -4.33. The fourth-order valence-electron chi connectivity index (χ4n) is 3.00. The second kappa shape index (κ2) is 10.2. The highest BCUT2D eigenvalue weighted by atomic mass is 28.4. The van der Waals surface area contributed by atoms with Gasteiger partial charge in [-0.25, -0.2) is 0 Å². The summed E-state index contributed by atoms with van der Waals surface area (Å²) in [5.41, 5.74) is 2.16. The van der Waals surface area contributed by atoms with Gasteiger partial charge >= 0.3 is 8.56 Å². The molecule has 29 heavy (non-hydrogen) atoms. The molecule has 6 nitrogen and oxygen atoms in total. The fraction of sp³-hybridized carbons (Fsp3) is 0.333. The van der Waals surface area contributed by atoms with Crippen molar-refractivity contribution in [2.75, 3.05) is 11.8 Å². The lowest BCUT2D eigenvalue weighted by molar-refractivity contribution is 0.296. The summed E-state index contributed by atoms with van der Waals surface area (Å²) < 4.78 is 11.7. The van der Waals surface area contributed by atoms with Gasteiger partial charge in [-0.3, -0.25) is 5.21 Å². The van der Waals surface area contributed by atoms with Crippen LogP contribution in [-0.4, -0.2) is 33.5 Å². The number of benzene rings is 2. The Morgan fingerprint density at radius 2 is 1.45 bits per heavy atom. The molecular weight excluding hydrogens is 402 g/mol. The highest BCUT2D eigenvalue weighted by molar-refractivity contribution is 6.81. The standard InChI is InChI=1S/C21H30NO5Si2/c1-28(2,27-29(3,4)25)17-5-16-26-21-14-10-19(11-15-21)7-6-18-8-12-20(13-9-18)22(23)24/h6-15,23,25H,5,16-17H2,1-4H3/q-1/b7-6+. The zero-order valence-electron chi connectivity index (χ0n) is 17.5. The van der Waals surface area contributed by atoms with Crippen LogP contribution in [0.4, 0.5) is 5.69 Å². The van der Waals surface area contributed by atoms with E-state index in [0.717, 1.165) is 29.3 Å². The van der Waals surface area contributed by atoms with Gasteiger partial charge in [-0.15, -0.1) is 0 Å². The van der Waals surface area contributed by atoms with Crippen LogP contribution in [0.3, 0.4) is 0 Å². The minimum Gasteiger partial charge on any atom is -0.733 e. The van der Waals surface area contributed by atoms with E-state index >= 15 is 0 Å². The average Bonchev–Trinajstić information content (AvgIpc) is 2.63. The number of ether oxygens (including phenoxy) is 1. The smallest absolute Gasteiger partial charge is 0.318 e. The minimum atomic E-state index is -2.48. The predicted molar refractivity (Wildman–Crippen MR) is 123 cm³/mol. The van der Waals surface area contributed by atoms with Crippen molar-refractivity contribution in [2.24, 2.45) is 0 Å². The number of rotatable bonds is 10. The van der Waals surface area contributed by atoms with Crippen molar-refractivity contribution in [1.29, 1.82) is 0 Å². The molecule has 0 unspecified atom stereocenters. The zero-order chi connectivity index (χ0) is 21.5. The van der Waals surface area contributed by atoms with Gasteiger partial charge in [-0.05, 0) is 74.0 Å². The van der Waals surface area contributed by atoms with Gasteiger partial charge < -0.3 is 24.1 Å². The summed E-state index contributed by atoms with van der Waals surface area (Å²) >= 11 is 0. The topological polar surface area (TPSA) is 85.2 Å². The van der Waals surface area contributed by atoms with E-state index in [4.69, 9.17) is 14.1 Å². The Morgan fingerprint density at radius 1 is 0.931 bits per heavy atom. The molecule has 0 spiro atoms. The SMILES string of the molecule is C[Si](C)(O)O[Si](C)(C)CCCOc1ccc(/C=C/c2ccc(N([O-])O)cc2)cc1. The van der Waals surface area contributed by atoms with Crippen molar-refractivity contribution in [3.63, 3.8) is 0 Å². The van der Waals surface area contributed by atoms with Gasteiger partial charge in [-0.2, -0.15) is 0 Å². The first-order chi connectivity index (χ1) is 13.5. The first-order valence-corrected chi connectivity index (χ1v) is 15.6. The monoisotopic (exact) mass is 432 g/mol. The fourth-order valence-corrected chi connectivity index (χ4v) is 9.81. The van der Waals surface area contributed by atoms with Gasteiger partial charge in [0.2, 0.25) is 0 Å². The second-order valence-corrected chi connectivity index (χ2v) is 15.8. The van der Waals surface area contributed by atoms with Crippen LogP contribution < -0.4 is 9.96 Å². The maximum absolute atomic E-state index is 10.8. The van der Waals surface area contributed by atoms with Gasteiger partial charge in [0.25, 0.3) is 0 Å². The number of hydrogen-bond acceptors (Lipinski definition) is 6. The molecule has 0 saturated carbocycles. The van der Waals surface area contributed by atoms with E-state index in [0.29, 0.717) is 6.61 Å². The third kappa shape index (κ3) is 8.94. The molecule has 158 valence electrons. The zero-order valence-corrected chi connectivity index (χ0v) is 19.5. The molecule has 0 heterocycles. The van der Waals surface area contributed by atoms with E-state index in [1.807, 2.05) is 36.4 Å². The molecule has 0 aromatic heterocycles. The Bertz CT molecular complexity index is 784. The molecule has 0 aliphatic rings. The van der Waals surface area contributed by atoms with E-state index in [-0.39, 0.29) is 10.9 Å². The molecule has 0 radical (unpaired) electrons. The van der Waals surface area contributed by atoms with Crippen molar-refractivity contribution in [2.45, 2.75) is 38.7 Å². The van der Waals surface area contributed by atoms with E-state index in [2.05, 4.69) is 13.1 Å². The molecule has 0 aliphatic heterocycles. The molecule has 2 aromatic carbocycles. The van der Waals surface area contributed by atoms with Crippen LogP contribution in [0.25, 0.3) is 12.2 Å². The van der Waals surface area contributed by atoms with E-state index in [9.17, 15) is 10.0 Å². The maximum atomic E-state index is 10.8. The normalized spacial score (nSPS) is 12.4. The molecule has 2 N–H and O–H groups in total. The molecule has 0 saturated heterocycles. The summed E-state index contributed by atoms with van der Waals surface area (Å²) in [6.07, 6.45) is 4.81. The summed E-state index contributed by atoms with van der Waals surface area (Å²) in [5.74, 6) is 0.822. The molecule has 0 amide bonds. The van der Waals surface area contributed by atoms with Crippen LogP contribution in [-0.2, 0) is 4.12 Å². The Morgan fingerprint density at radius 3 is 1.93 bits per heavy atom. The van der Waals surface area contributed by atoms with Gasteiger partial charge in [-0.1, -0.05) is 36.4 Å². The van der Waals surface area contributed by atoms with Crippen LogP contribution in [0.2, 0.25) is 32.2 Å². The van der Waals surface area contributed by atoms with Gasteiger partial charge in [0.1, 0.15) is 5.75 Å². The highest BCUT2D eigenvalue weighted by Gasteiger charge is 2.31. The maximum Gasteiger partial charge on any atom is 0.318 e. The van der Waals surface area contributed by atoms with Crippen LogP contribution in [0.5, 0.6) is 5.75 Å². The van der Waals surface area contributed by atoms with Crippen molar-refractivity contribution in [3.05, 3.63) is 64.9 Å². The van der Waals surface area contributed by atoms with Crippen molar-refractivity contribution in [1.82, 2.24) is 0 Å². The first kappa shape index (κ1) is 23.3. The molecule has 0 fully saturated rings. The first-order valence-electron chi connectivity index (χ1n) is 9.64. The van der Waals surface area contributed by atoms with Crippen LogP contribution in [0.1, 0.15) is 17.5 Å². The highest BCUT2D eigenvalue weighted by Crippen LogP contribution is 2.20. The Kier molecular flexibility index (Phi) is 8.20. The van der Waals surface area contributed by atoms with Crippen molar-refractivity contribution >= 4 is 34.7 Å². The summed E-state index contributed by atoms with van der Waals surface area (Å²) in [5, 5.41) is 19.5. The third-order valence-electron chi connectivity index (χ3n) is 4.18. The van der Waals surface area contributed by atoms with Crippen LogP contribution in [0.15, 0.2) is 48.5 Å². The lowest BCUT2D eigenvalue weighted by Crippen LogP contribution is -2.44. The van der Waals surface area contributed by atoms with Crippen molar-refractivity contribution < 1.29 is 18.9 Å². The molecule has 0 aliphatic carbocycles. The van der Waals surface area contributed by atoms with Crippen LogP contribution in [0, 0.1) is 5.21 Å². The van der Waals surface area contributed by atoms with E-state index in [1.165, 1.54) is 0 Å². The van der Waals surface area contributed by atoms with E-state index < -0.39 is 16.9 Å². The lowest BCUT2D eigenvalue weighted by atomic mass is 10.1. The van der Waals surface area contributed by atoms with Gasteiger partial charge in [0.05, 0.1) is 12.3 Å². The predicted octanol–water partition coefficient (Wildman–Crippen LogP) is 5.24. The molecule has 0 atom stereocenters. The second-order valence-electron chi connectivity index (χ2n) is 8.03. The van der Waals surface area contributed by atoms with Gasteiger partial charge in [0, 0.05) is 0 Å². The number of nitrogens with zero attached hydrogens (tertiary/aromatic N) is 1. The number of anilines is 1. The summed E-state index contributed by atoms with van der Waals surface area (Å²) in [4.78, 5) is 9.95. The lowest BCUT2D eigenvalue weighted by Gasteiger charge is -2.29. The van der Waals surface area contributed by atoms with Gasteiger partial charge in [0.15, 0.2) is 8.32 Å².